The highest BCUT2D eigenvalue weighted by Crippen LogP contribution is 2.32. The molecule has 2 aliphatic rings. The summed E-state index contributed by atoms with van der Waals surface area (Å²) in [5, 5.41) is 3.00. The molecule has 3 rings (SSSR count). The number of nitrogens with one attached hydrogen (secondary N) is 1. The number of hydrogen-bond acceptors (Lipinski definition) is 3. The van der Waals surface area contributed by atoms with Gasteiger partial charge in [-0.1, -0.05) is 13.0 Å². The molecule has 0 spiro atoms. The van der Waals surface area contributed by atoms with Crippen molar-refractivity contribution in [3.63, 3.8) is 0 Å². The minimum Gasteiger partial charge on any atom is -0.350 e. The summed E-state index contributed by atoms with van der Waals surface area (Å²) in [6.07, 6.45) is 9.62. The van der Waals surface area contributed by atoms with Gasteiger partial charge >= 0.3 is 0 Å². The van der Waals surface area contributed by atoms with E-state index in [1.54, 1.807) is 6.20 Å². The molecule has 1 N–H and O–H groups in total. The first-order valence-electron chi connectivity index (χ1n) is 10.2. The third-order valence-corrected chi connectivity index (χ3v) is 6.00. The van der Waals surface area contributed by atoms with Gasteiger partial charge < -0.3 is 10.2 Å². The lowest BCUT2D eigenvalue weighted by Crippen LogP contribution is -2.47. The number of amides is 2. The lowest BCUT2D eigenvalue weighted by Gasteiger charge is -2.39. The summed E-state index contributed by atoms with van der Waals surface area (Å²) in [4.78, 5) is 31.7. The van der Waals surface area contributed by atoms with Crippen molar-refractivity contribution in [3.8, 4) is 0 Å². The second-order valence-electron chi connectivity index (χ2n) is 7.68. The maximum Gasteiger partial charge on any atom is 0.225 e. The van der Waals surface area contributed by atoms with Crippen LogP contribution < -0.4 is 5.32 Å². The first kappa shape index (κ1) is 18.9. The second kappa shape index (κ2) is 9.15. The van der Waals surface area contributed by atoms with Crippen LogP contribution in [-0.4, -0.2) is 34.3 Å². The number of aromatic nitrogens is 1. The summed E-state index contributed by atoms with van der Waals surface area (Å²) in [5.41, 5.74) is 0.875. The van der Waals surface area contributed by atoms with Crippen molar-refractivity contribution in [2.24, 2.45) is 11.8 Å². The highest BCUT2D eigenvalue weighted by atomic mass is 16.2. The van der Waals surface area contributed by atoms with Crippen LogP contribution in [0.25, 0.3) is 0 Å². The van der Waals surface area contributed by atoms with Gasteiger partial charge in [-0.15, -0.1) is 0 Å². The minimum atomic E-state index is 0.0334. The third-order valence-electron chi connectivity index (χ3n) is 6.00. The zero-order valence-corrected chi connectivity index (χ0v) is 15.8. The predicted octanol–water partition coefficient (Wildman–Crippen LogP) is 3.30. The number of piperidine rings is 1. The normalized spacial score (nSPS) is 26.3. The molecule has 2 fully saturated rings. The van der Waals surface area contributed by atoms with E-state index in [4.69, 9.17) is 0 Å². The van der Waals surface area contributed by atoms with Gasteiger partial charge in [0.2, 0.25) is 11.8 Å². The summed E-state index contributed by atoms with van der Waals surface area (Å²) in [5.74, 6) is 0.586. The van der Waals surface area contributed by atoms with E-state index in [0.717, 1.165) is 57.2 Å². The van der Waals surface area contributed by atoms with Crippen LogP contribution in [0.5, 0.6) is 0 Å². The monoisotopic (exact) mass is 357 g/mol. The highest BCUT2D eigenvalue weighted by Gasteiger charge is 2.34. The molecular formula is C21H31N3O2. The molecule has 0 radical (unpaired) electrons. The Hall–Kier alpha value is -1.91. The van der Waals surface area contributed by atoms with Crippen LogP contribution >= 0.6 is 0 Å². The summed E-state index contributed by atoms with van der Waals surface area (Å²) in [7, 11) is 0. The molecule has 1 aromatic rings. The standard InChI is InChI=1S/C21H31N3O2/c1-2-19-8-4-6-14-24(19)21(26)17-11-9-16(10-12-17)20(25)23-15-18-7-3-5-13-22-18/h3,5,7,13,16-17,19H,2,4,6,8-12,14-15H2,1H3,(H,23,25). The highest BCUT2D eigenvalue weighted by molar-refractivity contribution is 5.81. The van der Waals surface area contributed by atoms with E-state index in [9.17, 15) is 9.59 Å². The van der Waals surface area contributed by atoms with E-state index < -0.39 is 0 Å². The maximum atomic E-state index is 12.9. The molecule has 2 heterocycles. The van der Waals surface area contributed by atoms with Crippen LogP contribution in [0.2, 0.25) is 0 Å². The Kier molecular flexibility index (Phi) is 6.64. The van der Waals surface area contributed by atoms with E-state index >= 15 is 0 Å². The Labute approximate surface area is 156 Å². The summed E-state index contributed by atoms with van der Waals surface area (Å²) >= 11 is 0. The topological polar surface area (TPSA) is 62.3 Å². The van der Waals surface area contributed by atoms with Crippen molar-refractivity contribution >= 4 is 11.8 Å². The van der Waals surface area contributed by atoms with Gasteiger partial charge in [0.25, 0.3) is 0 Å². The molecule has 1 aliphatic heterocycles. The molecule has 5 nitrogen and oxygen atoms in total. The molecule has 26 heavy (non-hydrogen) atoms. The molecule has 1 saturated carbocycles. The van der Waals surface area contributed by atoms with Crippen LogP contribution in [0, 0.1) is 11.8 Å². The van der Waals surface area contributed by atoms with Crippen molar-refractivity contribution in [2.45, 2.75) is 70.9 Å². The van der Waals surface area contributed by atoms with Crippen molar-refractivity contribution < 1.29 is 9.59 Å². The van der Waals surface area contributed by atoms with Gasteiger partial charge in [0.15, 0.2) is 0 Å². The van der Waals surface area contributed by atoms with E-state index in [1.807, 2.05) is 18.2 Å². The van der Waals surface area contributed by atoms with Crippen molar-refractivity contribution in [2.75, 3.05) is 6.54 Å². The zero-order valence-electron chi connectivity index (χ0n) is 15.8. The molecule has 0 bridgehead atoms. The molecule has 2 amide bonds. The number of likely N-dealkylation sites (tertiary alicyclic amines) is 1. The van der Waals surface area contributed by atoms with Crippen molar-refractivity contribution in [3.05, 3.63) is 30.1 Å². The average molecular weight is 357 g/mol. The van der Waals surface area contributed by atoms with Gasteiger partial charge in [-0.2, -0.15) is 0 Å². The van der Waals surface area contributed by atoms with Crippen LogP contribution in [0.1, 0.15) is 64.0 Å². The SMILES string of the molecule is CCC1CCCCN1C(=O)C1CCC(C(=O)NCc2ccccn2)CC1. The Bertz CT molecular complexity index is 597. The molecule has 0 aromatic carbocycles. The van der Waals surface area contributed by atoms with Gasteiger partial charge in [0.05, 0.1) is 12.2 Å². The van der Waals surface area contributed by atoms with Gasteiger partial charge in [-0.05, 0) is 63.5 Å². The van der Waals surface area contributed by atoms with Gasteiger partial charge in [0, 0.05) is 30.6 Å². The number of rotatable bonds is 5. The Morgan fingerprint density at radius 1 is 1.12 bits per heavy atom. The third kappa shape index (κ3) is 4.63. The van der Waals surface area contributed by atoms with Crippen LogP contribution in [0.3, 0.4) is 0 Å². The Morgan fingerprint density at radius 3 is 2.58 bits per heavy atom. The second-order valence-corrected chi connectivity index (χ2v) is 7.68. The molecule has 1 atom stereocenters. The zero-order chi connectivity index (χ0) is 18.4. The molecule has 1 aliphatic carbocycles. The lowest BCUT2D eigenvalue weighted by molar-refractivity contribution is -0.142. The maximum absolute atomic E-state index is 12.9. The number of carbonyl (C=O) groups is 2. The number of nitrogens with zero attached hydrogens (tertiary/aromatic N) is 2. The largest absolute Gasteiger partial charge is 0.350 e. The fraction of sp³-hybridized carbons (Fsp3) is 0.667. The first-order valence-corrected chi connectivity index (χ1v) is 10.2. The van der Waals surface area contributed by atoms with E-state index in [-0.39, 0.29) is 17.7 Å². The van der Waals surface area contributed by atoms with Crippen molar-refractivity contribution in [1.82, 2.24) is 15.2 Å². The molecule has 1 saturated heterocycles. The number of carbonyl (C=O) groups excluding carboxylic acids is 2. The van der Waals surface area contributed by atoms with Crippen LogP contribution in [0.4, 0.5) is 0 Å². The minimum absolute atomic E-state index is 0.0334. The van der Waals surface area contributed by atoms with E-state index in [1.165, 1.54) is 6.42 Å². The molecule has 142 valence electrons. The molecule has 1 unspecified atom stereocenters. The Balaban J connectivity index is 1.46. The number of pyridine rings is 1. The molecular weight excluding hydrogens is 326 g/mol. The summed E-state index contributed by atoms with van der Waals surface area (Å²) < 4.78 is 0. The quantitative estimate of drug-likeness (QED) is 0.879. The van der Waals surface area contributed by atoms with E-state index in [0.29, 0.717) is 18.5 Å². The first-order chi connectivity index (χ1) is 12.7. The van der Waals surface area contributed by atoms with Crippen molar-refractivity contribution in [1.29, 1.82) is 0 Å². The molecule has 5 heteroatoms. The fourth-order valence-corrected chi connectivity index (χ4v) is 4.38. The van der Waals surface area contributed by atoms with Gasteiger partial charge in [0.1, 0.15) is 0 Å². The van der Waals surface area contributed by atoms with Gasteiger partial charge in [-0.3, -0.25) is 14.6 Å². The molecule has 1 aromatic heterocycles. The van der Waals surface area contributed by atoms with E-state index in [2.05, 4.69) is 22.1 Å². The lowest BCUT2D eigenvalue weighted by atomic mass is 9.80. The predicted molar refractivity (Wildman–Crippen MR) is 101 cm³/mol. The van der Waals surface area contributed by atoms with Crippen LogP contribution in [0.15, 0.2) is 24.4 Å². The average Bonchev–Trinajstić information content (AvgIpc) is 2.72. The fourth-order valence-electron chi connectivity index (χ4n) is 4.38. The summed E-state index contributed by atoms with van der Waals surface area (Å²) in [6, 6.07) is 6.14. The number of hydrogen-bond donors (Lipinski definition) is 1. The van der Waals surface area contributed by atoms with Crippen LogP contribution in [-0.2, 0) is 16.1 Å². The smallest absolute Gasteiger partial charge is 0.225 e. The summed E-state index contributed by atoms with van der Waals surface area (Å²) in [6.45, 7) is 3.57. The van der Waals surface area contributed by atoms with Gasteiger partial charge in [-0.25, -0.2) is 0 Å². The Morgan fingerprint density at radius 2 is 1.88 bits per heavy atom.